The monoisotopic (exact) mass is 392 g/mol. The van der Waals surface area contributed by atoms with Crippen molar-refractivity contribution in [3.63, 3.8) is 0 Å². The number of fused-ring (bicyclic) bond motifs is 1. The average Bonchev–Trinajstić information content (AvgIpc) is 2.68. The molecule has 2 N–H and O–H groups in total. The smallest absolute Gasteiger partial charge is 0.336 e. The van der Waals surface area contributed by atoms with E-state index in [-0.39, 0.29) is 29.7 Å². The fourth-order valence-electron chi connectivity index (χ4n) is 3.88. The van der Waals surface area contributed by atoms with Crippen LogP contribution in [0.2, 0.25) is 0 Å². The Balaban J connectivity index is 2.50. The number of esters is 3. The Morgan fingerprint density at radius 1 is 1.36 bits per heavy atom. The average molecular weight is 392 g/mol. The fourth-order valence-corrected chi connectivity index (χ4v) is 3.88. The lowest BCUT2D eigenvalue weighted by Crippen LogP contribution is -2.59. The second-order valence-corrected chi connectivity index (χ2v) is 6.96. The lowest BCUT2D eigenvalue weighted by atomic mass is 9.57. The van der Waals surface area contributed by atoms with Crippen molar-refractivity contribution in [2.45, 2.75) is 18.6 Å². The molecule has 1 aliphatic carbocycles. The zero-order chi connectivity index (χ0) is 21.2. The summed E-state index contributed by atoms with van der Waals surface area (Å²) < 4.78 is 15.3. The highest BCUT2D eigenvalue weighted by Crippen LogP contribution is 2.52. The molecule has 2 aliphatic rings. The summed E-state index contributed by atoms with van der Waals surface area (Å²) in [5, 5.41) is 20.2. The minimum Gasteiger partial charge on any atom is -0.466 e. The van der Waals surface area contributed by atoms with Crippen molar-refractivity contribution in [1.29, 1.82) is 0 Å². The molecule has 0 bridgehead atoms. The van der Waals surface area contributed by atoms with Crippen LogP contribution in [0, 0.1) is 17.3 Å². The molecule has 0 aromatic heterocycles. The SMILES string of the molecule is C=C[C@@]12COC(=O)C(=C)[C@@H]1C(O)[C@H](C(=C)C(=O)OC)[C@@H](OC(=O)C(=C)CO)C2. The van der Waals surface area contributed by atoms with E-state index >= 15 is 0 Å². The fraction of sp³-hybridized carbons (Fsp3) is 0.450. The van der Waals surface area contributed by atoms with E-state index in [1.807, 2.05) is 0 Å². The molecule has 1 saturated heterocycles. The van der Waals surface area contributed by atoms with E-state index in [9.17, 15) is 19.5 Å². The molecule has 0 amide bonds. The largest absolute Gasteiger partial charge is 0.466 e. The first-order valence-corrected chi connectivity index (χ1v) is 8.57. The van der Waals surface area contributed by atoms with Gasteiger partial charge in [-0.15, -0.1) is 6.58 Å². The van der Waals surface area contributed by atoms with Crippen molar-refractivity contribution in [2.75, 3.05) is 20.3 Å². The Bertz CT molecular complexity index is 751. The molecule has 0 radical (unpaired) electrons. The number of ether oxygens (including phenoxy) is 3. The van der Waals surface area contributed by atoms with E-state index in [0.29, 0.717) is 0 Å². The highest BCUT2D eigenvalue weighted by molar-refractivity contribution is 5.91. The molecule has 2 fully saturated rings. The first-order chi connectivity index (χ1) is 13.1. The van der Waals surface area contributed by atoms with Gasteiger partial charge in [0.1, 0.15) is 12.7 Å². The second-order valence-electron chi connectivity index (χ2n) is 6.96. The Morgan fingerprint density at radius 2 is 2.00 bits per heavy atom. The van der Waals surface area contributed by atoms with Crippen molar-refractivity contribution < 1.29 is 38.8 Å². The lowest BCUT2D eigenvalue weighted by Gasteiger charge is -2.52. The van der Waals surface area contributed by atoms with Gasteiger partial charge in [0, 0.05) is 22.5 Å². The summed E-state index contributed by atoms with van der Waals surface area (Å²) in [6.45, 7) is 13.9. The molecule has 0 spiro atoms. The van der Waals surface area contributed by atoms with Crippen LogP contribution >= 0.6 is 0 Å². The van der Waals surface area contributed by atoms with Crippen LogP contribution in [0.25, 0.3) is 0 Å². The summed E-state index contributed by atoms with van der Waals surface area (Å²) in [4.78, 5) is 36.3. The zero-order valence-corrected chi connectivity index (χ0v) is 15.7. The van der Waals surface area contributed by atoms with Crippen LogP contribution in [0.4, 0.5) is 0 Å². The second kappa shape index (κ2) is 8.12. The summed E-state index contributed by atoms with van der Waals surface area (Å²) in [5.74, 6) is -4.21. The van der Waals surface area contributed by atoms with Gasteiger partial charge in [0.05, 0.1) is 31.3 Å². The molecule has 8 nitrogen and oxygen atoms in total. The maximum Gasteiger partial charge on any atom is 0.336 e. The minimum absolute atomic E-state index is 0.0332. The maximum atomic E-state index is 12.2. The van der Waals surface area contributed by atoms with Gasteiger partial charge < -0.3 is 24.4 Å². The van der Waals surface area contributed by atoms with Gasteiger partial charge in [-0.3, -0.25) is 0 Å². The number of cyclic esters (lactones) is 1. The Morgan fingerprint density at radius 3 is 2.54 bits per heavy atom. The molecule has 2 rings (SSSR count). The number of carbonyl (C=O) groups excluding carboxylic acids is 3. The molecule has 1 saturated carbocycles. The molecular formula is C20H24O8. The van der Waals surface area contributed by atoms with Crippen LogP contribution in [-0.2, 0) is 28.6 Å². The minimum atomic E-state index is -1.35. The number of hydrogen-bond acceptors (Lipinski definition) is 8. The number of aliphatic hydroxyl groups is 2. The lowest BCUT2D eigenvalue weighted by molar-refractivity contribution is -0.177. The van der Waals surface area contributed by atoms with E-state index in [4.69, 9.17) is 14.6 Å². The summed E-state index contributed by atoms with van der Waals surface area (Å²) in [6, 6.07) is 0. The first-order valence-electron chi connectivity index (χ1n) is 8.57. The molecule has 1 unspecified atom stereocenters. The predicted molar refractivity (Wildman–Crippen MR) is 97.6 cm³/mol. The molecule has 0 aromatic carbocycles. The van der Waals surface area contributed by atoms with Crippen LogP contribution in [0.1, 0.15) is 6.42 Å². The maximum absolute atomic E-state index is 12.2. The highest BCUT2D eigenvalue weighted by Gasteiger charge is 2.58. The summed E-state index contributed by atoms with van der Waals surface area (Å²) in [5.41, 5.74) is -1.23. The Labute approximate surface area is 162 Å². The van der Waals surface area contributed by atoms with Gasteiger partial charge in [-0.1, -0.05) is 25.8 Å². The van der Waals surface area contributed by atoms with E-state index in [1.165, 1.54) is 6.08 Å². The van der Waals surface area contributed by atoms with Gasteiger partial charge in [0.15, 0.2) is 0 Å². The first kappa shape index (κ1) is 21.6. The number of hydrogen-bond donors (Lipinski definition) is 2. The number of carbonyl (C=O) groups is 3. The summed E-state index contributed by atoms with van der Waals surface area (Å²) >= 11 is 0. The van der Waals surface area contributed by atoms with Crippen LogP contribution in [0.5, 0.6) is 0 Å². The van der Waals surface area contributed by atoms with E-state index < -0.39 is 54.0 Å². The normalized spacial score (nSPS) is 31.8. The van der Waals surface area contributed by atoms with Crippen LogP contribution in [0.15, 0.2) is 49.1 Å². The number of aliphatic hydroxyl groups excluding tert-OH is 2. The van der Waals surface area contributed by atoms with Crippen LogP contribution in [-0.4, -0.2) is 60.7 Å². The molecule has 1 aliphatic heterocycles. The van der Waals surface area contributed by atoms with E-state index in [1.54, 1.807) is 0 Å². The van der Waals surface area contributed by atoms with Gasteiger partial charge in [-0.25, -0.2) is 14.4 Å². The molecule has 0 aromatic rings. The third kappa shape index (κ3) is 3.53. The summed E-state index contributed by atoms with van der Waals surface area (Å²) in [6.07, 6.45) is -0.775. The molecule has 152 valence electrons. The number of methoxy groups -OCH3 is 1. The van der Waals surface area contributed by atoms with Gasteiger partial charge >= 0.3 is 17.9 Å². The van der Waals surface area contributed by atoms with Gasteiger partial charge in [-0.05, 0) is 6.42 Å². The molecule has 28 heavy (non-hydrogen) atoms. The Kier molecular flexibility index (Phi) is 6.26. The third-order valence-electron chi connectivity index (χ3n) is 5.41. The quantitative estimate of drug-likeness (QED) is 0.290. The molecule has 5 atom stereocenters. The van der Waals surface area contributed by atoms with Crippen molar-refractivity contribution in [2.24, 2.45) is 17.3 Å². The molecule has 8 heteroatoms. The summed E-state index contributed by atoms with van der Waals surface area (Å²) in [7, 11) is 1.16. The van der Waals surface area contributed by atoms with Crippen molar-refractivity contribution >= 4 is 17.9 Å². The van der Waals surface area contributed by atoms with Crippen LogP contribution < -0.4 is 0 Å². The topological polar surface area (TPSA) is 119 Å². The molecular weight excluding hydrogens is 368 g/mol. The third-order valence-corrected chi connectivity index (χ3v) is 5.41. The van der Waals surface area contributed by atoms with Gasteiger partial charge in [0.2, 0.25) is 0 Å². The highest BCUT2D eigenvalue weighted by atomic mass is 16.6. The van der Waals surface area contributed by atoms with Gasteiger partial charge in [0.25, 0.3) is 0 Å². The van der Waals surface area contributed by atoms with Crippen molar-refractivity contribution in [3.05, 3.63) is 49.1 Å². The molecule has 1 heterocycles. The van der Waals surface area contributed by atoms with Crippen molar-refractivity contribution in [1.82, 2.24) is 0 Å². The van der Waals surface area contributed by atoms with Crippen molar-refractivity contribution in [3.8, 4) is 0 Å². The van der Waals surface area contributed by atoms with E-state index in [2.05, 4.69) is 31.1 Å². The van der Waals surface area contributed by atoms with E-state index in [0.717, 1.165) is 7.11 Å². The van der Waals surface area contributed by atoms with Crippen LogP contribution in [0.3, 0.4) is 0 Å². The zero-order valence-electron chi connectivity index (χ0n) is 15.7. The Hall–Kier alpha value is -2.71. The standard InChI is InChI=1S/C20H24O8/c1-6-20-7-13(28-17(23)10(2)8-21)14(11(3)18(24)26-5)16(22)15(20)12(4)19(25)27-9-20/h6,13-16,21-22H,1-4,7-9H2,5H3/t13-,14+,15+,16?,20+/m0/s1. The van der Waals surface area contributed by atoms with Gasteiger partial charge in [-0.2, -0.15) is 0 Å². The number of rotatable bonds is 6. The predicted octanol–water partition coefficient (Wildman–Crippen LogP) is 0.458.